The second-order valence-corrected chi connectivity index (χ2v) is 4.71. The molecule has 5 nitrogen and oxygen atoms in total. The molecule has 0 saturated carbocycles. The molecule has 0 spiro atoms. The SMILES string of the molecule is COc1ccc(C(C)NC(=O)C2CNC(=O)C2)cc1. The Morgan fingerprint density at radius 1 is 1.42 bits per heavy atom. The Labute approximate surface area is 112 Å². The molecule has 0 bridgehead atoms. The lowest BCUT2D eigenvalue weighted by molar-refractivity contribution is -0.127. The van der Waals surface area contributed by atoms with E-state index in [0.717, 1.165) is 11.3 Å². The van der Waals surface area contributed by atoms with Crippen LogP contribution in [0.5, 0.6) is 5.75 Å². The number of hydrogen-bond acceptors (Lipinski definition) is 3. The summed E-state index contributed by atoms with van der Waals surface area (Å²) in [7, 11) is 1.62. The standard InChI is InChI=1S/C14H18N2O3/c1-9(10-3-5-12(19-2)6-4-10)16-14(18)11-7-13(17)15-8-11/h3-6,9,11H,7-8H2,1-2H3,(H,15,17)(H,16,18). The van der Waals surface area contributed by atoms with Crippen LogP contribution in [0.1, 0.15) is 24.9 Å². The first-order valence-electron chi connectivity index (χ1n) is 6.31. The quantitative estimate of drug-likeness (QED) is 0.851. The number of benzene rings is 1. The van der Waals surface area contributed by atoms with Crippen LogP contribution in [-0.4, -0.2) is 25.5 Å². The van der Waals surface area contributed by atoms with Gasteiger partial charge < -0.3 is 15.4 Å². The summed E-state index contributed by atoms with van der Waals surface area (Å²) in [5.41, 5.74) is 1.01. The molecular weight excluding hydrogens is 244 g/mol. The highest BCUT2D eigenvalue weighted by molar-refractivity contribution is 5.89. The predicted octanol–water partition coefficient (Wildman–Crippen LogP) is 1.01. The van der Waals surface area contributed by atoms with Gasteiger partial charge in [-0.15, -0.1) is 0 Å². The van der Waals surface area contributed by atoms with Gasteiger partial charge in [-0.25, -0.2) is 0 Å². The number of nitrogens with one attached hydrogen (secondary N) is 2. The summed E-state index contributed by atoms with van der Waals surface area (Å²) in [4.78, 5) is 23.0. The third kappa shape index (κ3) is 3.24. The predicted molar refractivity (Wildman–Crippen MR) is 70.7 cm³/mol. The van der Waals surface area contributed by atoms with Crippen LogP contribution in [0.3, 0.4) is 0 Å². The molecule has 1 heterocycles. The van der Waals surface area contributed by atoms with Gasteiger partial charge in [-0.3, -0.25) is 9.59 Å². The fourth-order valence-electron chi connectivity index (χ4n) is 2.10. The smallest absolute Gasteiger partial charge is 0.225 e. The highest BCUT2D eigenvalue weighted by Crippen LogP contribution is 2.18. The molecule has 5 heteroatoms. The van der Waals surface area contributed by atoms with E-state index < -0.39 is 0 Å². The fourth-order valence-corrected chi connectivity index (χ4v) is 2.10. The van der Waals surface area contributed by atoms with Gasteiger partial charge in [0.15, 0.2) is 0 Å². The second-order valence-electron chi connectivity index (χ2n) is 4.71. The van der Waals surface area contributed by atoms with Crippen molar-refractivity contribution in [2.75, 3.05) is 13.7 Å². The number of carbonyl (C=O) groups is 2. The van der Waals surface area contributed by atoms with E-state index >= 15 is 0 Å². The van der Waals surface area contributed by atoms with Crippen LogP contribution in [0.4, 0.5) is 0 Å². The van der Waals surface area contributed by atoms with Crippen LogP contribution >= 0.6 is 0 Å². The minimum absolute atomic E-state index is 0.0581. The van der Waals surface area contributed by atoms with Crippen LogP contribution in [-0.2, 0) is 9.59 Å². The molecule has 1 aromatic carbocycles. The van der Waals surface area contributed by atoms with Gasteiger partial charge in [0.05, 0.1) is 19.1 Å². The fraction of sp³-hybridized carbons (Fsp3) is 0.429. The van der Waals surface area contributed by atoms with Crippen LogP contribution in [0.15, 0.2) is 24.3 Å². The van der Waals surface area contributed by atoms with Gasteiger partial charge in [-0.05, 0) is 24.6 Å². The van der Waals surface area contributed by atoms with Gasteiger partial charge in [0, 0.05) is 13.0 Å². The number of amides is 2. The largest absolute Gasteiger partial charge is 0.497 e. The zero-order chi connectivity index (χ0) is 13.8. The number of rotatable bonds is 4. The lowest BCUT2D eigenvalue weighted by Crippen LogP contribution is -2.33. The Balaban J connectivity index is 1.94. The first-order valence-corrected chi connectivity index (χ1v) is 6.31. The van der Waals surface area contributed by atoms with E-state index in [1.165, 1.54) is 0 Å². The maximum Gasteiger partial charge on any atom is 0.225 e. The molecule has 1 aliphatic rings. The third-order valence-corrected chi connectivity index (χ3v) is 3.32. The Kier molecular flexibility index (Phi) is 4.04. The summed E-state index contributed by atoms with van der Waals surface area (Å²) in [6, 6.07) is 7.47. The van der Waals surface area contributed by atoms with Gasteiger partial charge in [0.25, 0.3) is 0 Å². The van der Waals surface area contributed by atoms with Gasteiger partial charge in [0.2, 0.25) is 11.8 Å². The minimum atomic E-state index is -0.256. The lowest BCUT2D eigenvalue weighted by Gasteiger charge is -2.17. The molecule has 0 radical (unpaired) electrons. The van der Waals surface area contributed by atoms with Crippen molar-refractivity contribution >= 4 is 11.8 Å². The molecule has 2 atom stereocenters. The van der Waals surface area contributed by atoms with E-state index in [2.05, 4.69) is 10.6 Å². The molecule has 1 aliphatic heterocycles. The van der Waals surface area contributed by atoms with Crippen molar-refractivity contribution in [3.05, 3.63) is 29.8 Å². The van der Waals surface area contributed by atoms with E-state index in [-0.39, 0.29) is 30.2 Å². The molecule has 2 unspecified atom stereocenters. The van der Waals surface area contributed by atoms with Crippen molar-refractivity contribution < 1.29 is 14.3 Å². The normalized spacial score (nSPS) is 19.7. The van der Waals surface area contributed by atoms with E-state index in [1.807, 2.05) is 31.2 Å². The van der Waals surface area contributed by atoms with E-state index in [9.17, 15) is 9.59 Å². The van der Waals surface area contributed by atoms with Crippen molar-refractivity contribution in [1.29, 1.82) is 0 Å². The molecule has 1 saturated heterocycles. The second kappa shape index (κ2) is 5.73. The monoisotopic (exact) mass is 262 g/mol. The summed E-state index contributed by atoms with van der Waals surface area (Å²) >= 11 is 0. The zero-order valence-electron chi connectivity index (χ0n) is 11.1. The molecule has 2 amide bonds. The van der Waals surface area contributed by atoms with Crippen molar-refractivity contribution in [3.8, 4) is 5.75 Å². The minimum Gasteiger partial charge on any atom is -0.497 e. The average molecular weight is 262 g/mol. The first-order chi connectivity index (χ1) is 9.10. The van der Waals surface area contributed by atoms with Crippen molar-refractivity contribution in [1.82, 2.24) is 10.6 Å². The van der Waals surface area contributed by atoms with E-state index in [4.69, 9.17) is 4.74 Å². The Hall–Kier alpha value is -2.04. The number of hydrogen-bond donors (Lipinski definition) is 2. The molecule has 1 fully saturated rings. The van der Waals surface area contributed by atoms with E-state index in [1.54, 1.807) is 7.11 Å². The number of methoxy groups -OCH3 is 1. The molecule has 0 aromatic heterocycles. The topological polar surface area (TPSA) is 67.4 Å². The summed E-state index contributed by atoms with van der Waals surface area (Å²) in [6.45, 7) is 2.35. The highest BCUT2D eigenvalue weighted by atomic mass is 16.5. The average Bonchev–Trinajstić information content (AvgIpc) is 2.85. The van der Waals surface area contributed by atoms with Crippen LogP contribution < -0.4 is 15.4 Å². The molecule has 0 aliphatic carbocycles. The van der Waals surface area contributed by atoms with Gasteiger partial charge in [-0.2, -0.15) is 0 Å². The van der Waals surface area contributed by atoms with Gasteiger partial charge in [-0.1, -0.05) is 12.1 Å². The zero-order valence-corrected chi connectivity index (χ0v) is 11.1. The Bertz CT molecular complexity index is 470. The molecular formula is C14H18N2O3. The van der Waals surface area contributed by atoms with Gasteiger partial charge in [0.1, 0.15) is 5.75 Å². The molecule has 2 rings (SSSR count). The number of carbonyl (C=O) groups excluding carboxylic acids is 2. The van der Waals surface area contributed by atoms with Crippen molar-refractivity contribution in [2.45, 2.75) is 19.4 Å². The molecule has 2 N–H and O–H groups in total. The maximum absolute atomic E-state index is 12.0. The van der Waals surface area contributed by atoms with Crippen LogP contribution in [0, 0.1) is 5.92 Å². The van der Waals surface area contributed by atoms with E-state index in [0.29, 0.717) is 6.54 Å². The summed E-state index contributed by atoms with van der Waals surface area (Å²) in [5, 5.41) is 5.59. The summed E-state index contributed by atoms with van der Waals surface area (Å²) in [5.74, 6) is 0.389. The van der Waals surface area contributed by atoms with Crippen LogP contribution in [0.25, 0.3) is 0 Å². The van der Waals surface area contributed by atoms with Crippen molar-refractivity contribution in [3.63, 3.8) is 0 Å². The maximum atomic E-state index is 12.0. The first kappa shape index (κ1) is 13.4. The summed E-state index contributed by atoms with van der Waals surface area (Å²) in [6.07, 6.45) is 0.279. The number of ether oxygens (including phenoxy) is 1. The molecule has 19 heavy (non-hydrogen) atoms. The summed E-state index contributed by atoms with van der Waals surface area (Å²) < 4.78 is 5.09. The highest BCUT2D eigenvalue weighted by Gasteiger charge is 2.28. The van der Waals surface area contributed by atoms with Crippen molar-refractivity contribution in [2.24, 2.45) is 5.92 Å². The Morgan fingerprint density at radius 3 is 2.63 bits per heavy atom. The Morgan fingerprint density at radius 2 is 2.11 bits per heavy atom. The van der Waals surface area contributed by atoms with Gasteiger partial charge >= 0.3 is 0 Å². The molecule has 1 aromatic rings. The third-order valence-electron chi connectivity index (χ3n) is 3.32. The molecule has 102 valence electrons. The lowest BCUT2D eigenvalue weighted by atomic mass is 10.0. The van der Waals surface area contributed by atoms with Crippen LogP contribution in [0.2, 0.25) is 0 Å².